The number of methoxy groups -OCH3 is 1. The van der Waals surface area contributed by atoms with Gasteiger partial charge in [-0.25, -0.2) is 4.68 Å². The fraction of sp³-hybridized carbons (Fsp3) is 0.375. The minimum absolute atomic E-state index is 0.0454. The summed E-state index contributed by atoms with van der Waals surface area (Å²) >= 11 is 0. The maximum Gasteiger partial charge on any atom is 0.298 e. The van der Waals surface area contributed by atoms with Gasteiger partial charge >= 0.3 is 0 Å². The number of aromatic nitrogens is 4. The lowest BCUT2D eigenvalue weighted by atomic mass is 10.2. The van der Waals surface area contributed by atoms with E-state index < -0.39 is 0 Å². The highest BCUT2D eigenvalue weighted by atomic mass is 16.5. The Morgan fingerprint density at radius 3 is 3.00 bits per heavy atom. The summed E-state index contributed by atoms with van der Waals surface area (Å²) in [5.41, 5.74) is 1.42. The lowest BCUT2D eigenvalue weighted by Gasteiger charge is -2.18. The molecule has 0 bridgehead atoms. The summed E-state index contributed by atoms with van der Waals surface area (Å²) in [5, 5.41) is 10.9. The van der Waals surface area contributed by atoms with Crippen molar-refractivity contribution in [2.24, 2.45) is 0 Å². The first-order valence-electron chi connectivity index (χ1n) is 7.96. The molecule has 1 amide bonds. The lowest BCUT2D eigenvalue weighted by molar-refractivity contribution is -0.119. The molecule has 0 spiro atoms. The predicted molar refractivity (Wildman–Crippen MR) is 89.4 cm³/mol. The van der Waals surface area contributed by atoms with E-state index in [1.54, 1.807) is 24.2 Å². The number of rotatable bonds is 4. The molecule has 25 heavy (non-hydrogen) atoms. The van der Waals surface area contributed by atoms with Crippen molar-refractivity contribution in [2.45, 2.75) is 19.0 Å². The first-order valence-corrected chi connectivity index (χ1v) is 7.96. The smallest absolute Gasteiger partial charge is 0.298 e. The lowest BCUT2D eigenvalue weighted by Crippen LogP contribution is -2.40. The van der Waals surface area contributed by atoms with Gasteiger partial charge in [0.25, 0.3) is 6.01 Å². The van der Waals surface area contributed by atoms with Crippen LogP contribution in [0.15, 0.2) is 35.0 Å². The van der Waals surface area contributed by atoms with E-state index in [1.807, 2.05) is 23.1 Å². The summed E-state index contributed by atoms with van der Waals surface area (Å²) < 4.78 is 12.9. The molecule has 2 atom stereocenters. The van der Waals surface area contributed by atoms with Crippen LogP contribution in [0.3, 0.4) is 0 Å². The predicted octanol–water partition coefficient (Wildman–Crippen LogP) is 0.994. The number of hydrogen-bond acceptors (Lipinski definition) is 7. The van der Waals surface area contributed by atoms with Crippen molar-refractivity contribution >= 4 is 23.0 Å². The number of carbonyl (C=O) groups is 1. The number of nitrogens with one attached hydrogen (secondary N) is 1. The normalized spacial score (nSPS) is 20.2. The Morgan fingerprint density at radius 1 is 1.40 bits per heavy atom. The molecule has 9 heteroatoms. The van der Waals surface area contributed by atoms with Gasteiger partial charge in [0.2, 0.25) is 5.91 Å². The second-order valence-electron chi connectivity index (χ2n) is 5.99. The Kier molecular flexibility index (Phi) is 3.75. The molecule has 9 nitrogen and oxygen atoms in total. The topological polar surface area (TPSA) is 98.3 Å². The van der Waals surface area contributed by atoms with Crippen LogP contribution in [0.25, 0.3) is 11.1 Å². The zero-order chi connectivity index (χ0) is 17.4. The van der Waals surface area contributed by atoms with Gasteiger partial charge in [-0.2, -0.15) is 4.98 Å². The molecule has 0 aliphatic carbocycles. The second kappa shape index (κ2) is 6.08. The van der Waals surface area contributed by atoms with Crippen LogP contribution < -0.4 is 15.0 Å². The molecule has 1 aliphatic rings. The summed E-state index contributed by atoms with van der Waals surface area (Å²) in [6, 6.07) is 5.86. The zero-order valence-corrected chi connectivity index (χ0v) is 13.9. The van der Waals surface area contributed by atoms with Crippen molar-refractivity contribution in [3.63, 3.8) is 0 Å². The average molecular weight is 342 g/mol. The van der Waals surface area contributed by atoms with E-state index in [4.69, 9.17) is 9.15 Å². The molecule has 0 saturated carbocycles. The van der Waals surface area contributed by atoms with E-state index in [2.05, 4.69) is 20.6 Å². The van der Waals surface area contributed by atoms with Crippen molar-refractivity contribution in [2.75, 3.05) is 25.1 Å². The number of nitrogens with zero attached hydrogens (tertiary/aromatic N) is 5. The maximum atomic E-state index is 11.5. The molecule has 4 rings (SSSR count). The standard InChI is InChI=1S/C16H18N6O3/c1-10(23)18-13-8-21(9-14(13)22-6-5-17-20-22)16-19-12-7-11(24-2)3-4-15(12)25-16/h3-7,13-14H,8-9H2,1-2H3,(H,18,23)/t13-,14+/m1/s1. The van der Waals surface area contributed by atoms with Gasteiger partial charge in [0.15, 0.2) is 5.58 Å². The number of hydrogen-bond donors (Lipinski definition) is 1. The highest BCUT2D eigenvalue weighted by molar-refractivity contribution is 5.76. The molecule has 2 aromatic heterocycles. The fourth-order valence-electron chi connectivity index (χ4n) is 3.17. The summed E-state index contributed by atoms with van der Waals surface area (Å²) in [7, 11) is 1.61. The van der Waals surface area contributed by atoms with Crippen LogP contribution in [0.5, 0.6) is 5.75 Å². The van der Waals surface area contributed by atoms with Crippen molar-refractivity contribution in [3.8, 4) is 5.75 Å². The van der Waals surface area contributed by atoms with Gasteiger partial charge in [-0.3, -0.25) is 4.79 Å². The van der Waals surface area contributed by atoms with Gasteiger partial charge < -0.3 is 19.4 Å². The summed E-state index contributed by atoms with van der Waals surface area (Å²) in [5.74, 6) is 0.643. The molecule has 130 valence electrons. The fourth-order valence-corrected chi connectivity index (χ4v) is 3.17. The van der Waals surface area contributed by atoms with E-state index in [1.165, 1.54) is 6.92 Å². The zero-order valence-electron chi connectivity index (χ0n) is 13.9. The largest absolute Gasteiger partial charge is 0.497 e. The van der Waals surface area contributed by atoms with Gasteiger partial charge in [-0.15, -0.1) is 5.10 Å². The van der Waals surface area contributed by atoms with Crippen molar-refractivity contribution in [1.29, 1.82) is 0 Å². The summed E-state index contributed by atoms with van der Waals surface area (Å²) in [4.78, 5) is 18.1. The molecular weight excluding hydrogens is 324 g/mol. The number of oxazole rings is 1. The first-order chi connectivity index (χ1) is 12.1. The molecule has 1 aromatic carbocycles. The molecule has 3 heterocycles. The number of amides is 1. The van der Waals surface area contributed by atoms with E-state index >= 15 is 0 Å². The SMILES string of the molecule is COc1ccc2oc(N3C[C@@H](NC(C)=O)[C@@H](n4ccnn4)C3)nc2c1. The molecule has 0 radical (unpaired) electrons. The molecule has 0 unspecified atom stereocenters. The Hall–Kier alpha value is -3.10. The second-order valence-corrected chi connectivity index (χ2v) is 5.99. The molecule has 3 aromatic rings. The summed E-state index contributed by atoms with van der Waals surface area (Å²) in [6.45, 7) is 2.69. The molecule has 1 N–H and O–H groups in total. The Balaban J connectivity index is 1.63. The summed E-state index contributed by atoms with van der Waals surface area (Å²) in [6.07, 6.45) is 3.42. The molecule has 1 saturated heterocycles. The minimum atomic E-state index is -0.108. The monoisotopic (exact) mass is 342 g/mol. The minimum Gasteiger partial charge on any atom is -0.497 e. The number of ether oxygens (including phenoxy) is 1. The molecular formula is C16H18N6O3. The van der Waals surface area contributed by atoms with Gasteiger partial charge in [0.1, 0.15) is 11.3 Å². The third kappa shape index (κ3) is 2.88. The number of carbonyl (C=O) groups excluding carboxylic acids is 1. The van der Waals surface area contributed by atoms with E-state index in [9.17, 15) is 4.79 Å². The van der Waals surface area contributed by atoms with Crippen LogP contribution in [-0.2, 0) is 4.79 Å². The Labute approximate surface area is 143 Å². The Bertz CT molecular complexity index is 891. The Morgan fingerprint density at radius 2 is 2.28 bits per heavy atom. The highest BCUT2D eigenvalue weighted by Gasteiger charge is 2.37. The van der Waals surface area contributed by atoms with Crippen molar-refractivity contribution in [3.05, 3.63) is 30.6 Å². The number of benzene rings is 1. The van der Waals surface area contributed by atoms with Crippen molar-refractivity contribution < 1.29 is 13.9 Å². The average Bonchev–Trinajstić information content (AvgIpc) is 3.32. The third-order valence-electron chi connectivity index (χ3n) is 4.31. The van der Waals surface area contributed by atoms with Crippen LogP contribution in [0.4, 0.5) is 6.01 Å². The van der Waals surface area contributed by atoms with Gasteiger partial charge in [-0.05, 0) is 12.1 Å². The quantitative estimate of drug-likeness (QED) is 0.755. The van der Waals surface area contributed by atoms with E-state index in [-0.39, 0.29) is 18.0 Å². The third-order valence-corrected chi connectivity index (χ3v) is 4.31. The molecule has 1 fully saturated rings. The van der Waals surface area contributed by atoms with Crippen LogP contribution in [0.1, 0.15) is 13.0 Å². The first kappa shape index (κ1) is 15.4. The van der Waals surface area contributed by atoms with Gasteiger partial charge in [0, 0.05) is 32.3 Å². The molecule has 1 aliphatic heterocycles. The van der Waals surface area contributed by atoms with Crippen LogP contribution in [0, 0.1) is 0 Å². The number of fused-ring (bicyclic) bond motifs is 1. The van der Waals surface area contributed by atoms with Gasteiger partial charge in [0.05, 0.1) is 25.4 Å². The van der Waals surface area contributed by atoms with Gasteiger partial charge in [-0.1, -0.05) is 5.21 Å². The highest BCUT2D eigenvalue weighted by Crippen LogP contribution is 2.30. The maximum absolute atomic E-state index is 11.5. The van der Waals surface area contributed by atoms with Crippen LogP contribution in [0.2, 0.25) is 0 Å². The van der Waals surface area contributed by atoms with E-state index in [0.29, 0.717) is 24.7 Å². The van der Waals surface area contributed by atoms with Crippen molar-refractivity contribution in [1.82, 2.24) is 25.3 Å². The van der Waals surface area contributed by atoms with E-state index in [0.717, 1.165) is 11.3 Å². The van der Waals surface area contributed by atoms with Crippen LogP contribution in [-0.4, -0.2) is 52.1 Å². The number of anilines is 1. The van der Waals surface area contributed by atoms with Crippen LogP contribution >= 0.6 is 0 Å².